The molecule has 1 aliphatic carbocycles. The highest BCUT2D eigenvalue weighted by atomic mass is 16.6. The molecule has 0 spiro atoms. The molecule has 0 radical (unpaired) electrons. The zero-order valence-corrected chi connectivity index (χ0v) is 32.3. The average Bonchev–Trinajstić information content (AvgIpc) is 3.53. The largest absolute Gasteiger partial charge is 0.459 e. The highest BCUT2D eigenvalue weighted by Gasteiger charge is 2.29. The molecule has 0 aliphatic heterocycles. The SMILES string of the molecule is CC(C)(C)OC(=O)CN(CCNC(=O)OCC1c2ccccc2-c2ccccc21)C(=O)CCCCCNC(=O)c1cnc2c3cccnc3c3ncccc3c2n1. The molecule has 292 valence electrons. The second-order valence-electron chi connectivity index (χ2n) is 15.0. The lowest BCUT2D eigenvalue weighted by Crippen LogP contribution is -2.43. The van der Waals surface area contributed by atoms with Gasteiger partial charge in [0.2, 0.25) is 5.91 Å². The van der Waals surface area contributed by atoms with Crippen molar-refractivity contribution in [2.75, 3.05) is 32.8 Å². The van der Waals surface area contributed by atoms with Crippen molar-refractivity contribution in [3.05, 3.63) is 108 Å². The molecule has 13 heteroatoms. The van der Waals surface area contributed by atoms with Crippen LogP contribution in [0.5, 0.6) is 0 Å². The van der Waals surface area contributed by atoms with Crippen molar-refractivity contribution in [1.29, 1.82) is 0 Å². The van der Waals surface area contributed by atoms with Gasteiger partial charge in [-0.05, 0) is 80.1 Å². The molecular weight excluding hydrogens is 723 g/mol. The summed E-state index contributed by atoms with van der Waals surface area (Å²) in [5.74, 6) is -1.20. The summed E-state index contributed by atoms with van der Waals surface area (Å²) in [7, 11) is 0. The number of amides is 3. The van der Waals surface area contributed by atoms with Crippen molar-refractivity contribution in [3.8, 4) is 11.1 Å². The predicted molar refractivity (Wildman–Crippen MR) is 216 cm³/mol. The average molecular weight is 768 g/mol. The quantitative estimate of drug-likeness (QED) is 0.0690. The second kappa shape index (κ2) is 17.1. The molecule has 0 saturated carbocycles. The Morgan fingerprint density at radius 1 is 0.719 bits per heavy atom. The number of benzene rings is 3. The van der Waals surface area contributed by atoms with Crippen LogP contribution in [0.15, 0.2) is 91.4 Å². The normalized spacial score (nSPS) is 12.3. The molecule has 3 aromatic heterocycles. The van der Waals surface area contributed by atoms with Gasteiger partial charge in [-0.15, -0.1) is 0 Å². The fraction of sp³-hybridized carbons (Fsp3) is 0.318. The minimum Gasteiger partial charge on any atom is -0.459 e. The number of alkyl carbamates (subject to hydrolysis) is 1. The molecule has 13 nitrogen and oxygen atoms in total. The number of carbonyl (C=O) groups is 4. The Kier molecular flexibility index (Phi) is 11.6. The molecule has 3 aromatic carbocycles. The van der Waals surface area contributed by atoms with E-state index in [1.54, 1.807) is 33.2 Å². The van der Waals surface area contributed by atoms with Crippen molar-refractivity contribution < 1.29 is 28.7 Å². The van der Waals surface area contributed by atoms with E-state index in [9.17, 15) is 19.2 Å². The van der Waals surface area contributed by atoms with Crippen LogP contribution in [0.3, 0.4) is 0 Å². The lowest BCUT2D eigenvalue weighted by Gasteiger charge is -2.25. The molecular formula is C44H45N7O6. The van der Waals surface area contributed by atoms with Gasteiger partial charge in [0.25, 0.3) is 5.91 Å². The third-order valence-electron chi connectivity index (χ3n) is 9.80. The van der Waals surface area contributed by atoms with E-state index in [2.05, 4.69) is 54.8 Å². The molecule has 0 fully saturated rings. The highest BCUT2D eigenvalue weighted by Crippen LogP contribution is 2.44. The maximum atomic E-state index is 13.3. The van der Waals surface area contributed by atoms with Crippen LogP contribution >= 0.6 is 0 Å². The number of hydrogen-bond donors (Lipinski definition) is 2. The standard InChI is InChI=1S/C44H45N7O6/c1-44(2,3)57-37(53)26-51(24-23-48-43(55)56-27-34-30-15-8-6-13-28(30)29-14-7-9-16-31(29)34)36(52)19-5-4-10-20-47-42(54)35-25-49-40-32-17-11-21-45-38(32)39-33(41(40)50-35)18-12-22-46-39/h6-9,11-18,21-22,25,34H,4-5,10,19-20,23-24,26-27H2,1-3H3,(H,47,54)(H,48,55). The molecule has 3 heterocycles. The minimum atomic E-state index is -0.717. The van der Waals surface area contributed by atoms with Crippen LogP contribution in [0.25, 0.3) is 44.0 Å². The van der Waals surface area contributed by atoms with Gasteiger partial charge in [0.1, 0.15) is 24.4 Å². The second-order valence-corrected chi connectivity index (χ2v) is 15.0. The van der Waals surface area contributed by atoms with Gasteiger partial charge >= 0.3 is 12.1 Å². The Bertz CT molecular complexity index is 2380. The van der Waals surface area contributed by atoms with Crippen molar-refractivity contribution in [3.63, 3.8) is 0 Å². The summed E-state index contributed by atoms with van der Waals surface area (Å²) in [6.07, 6.45) is 6.27. The van der Waals surface area contributed by atoms with E-state index in [-0.39, 0.29) is 56.1 Å². The number of unbranched alkanes of at least 4 members (excludes halogenated alkanes) is 2. The summed E-state index contributed by atoms with van der Waals surface area (Å²) >= 11 is 0. The van der Waals surface area contributed by atoms with Crippen molar-refractivity contribution >= 4 is 56.7 Å². The Balaban J connectivity index is 0.882. The fourth-order valence-electron chi connectivity index (χ4n) is 7.25. The van der Waals surface area contributed by atoms with Crippen LogP contribution in [-0.4, -0.2) is 87.1 Å². The first-order valence-corrected chi connectivity index (χ1v) is 19.2. The summed E-state index contributed by atoms with van der Waals surface area (Å²) < 4.78 is 11.1. The number of pyridine rings is 2. The summed E-state index contributed by atoms with van der Waals surface area (Å²) in [5.41, 5.74) is 6.62. The number of rotatable bonds is 14. The first-order valence-electron chi connectivity index (χ1n) is 19.2. The van der Waals surface area contributed by atoms with Crippen LogP contribution in [0.4, 0.5) is 4.79 Å². The number of hydrogen-bond acceptors (Lipinski definition) is 10. The molecule has 3 amide bonds. The maximum absolute atomic E-state index is 13.3. The van der Waals surface area contributed by atoms with E-state index < -0.39 is 17.7 Å². The highest BCUT2D eigenvalue weighted by molar-refractivity contribution is 6.20. The lowest BCUT2D eigenvalue weighted by molar-refractivity contribution is -0.158. The van der Waals surface area contributed by atoms with E-state index in [0.717, 1.165) is 38.5 Å². The van der Waals surface area contributed by atoms with Gasteiger partial charge in [-0.2, -0.15) is 0 Å². The monoisotopic (exact) mass is 767 g/mol. The number of nitrogens with one attached hydrogen (secondary N) is 2. The molecule has 2 N–H and O–H groups in total. The summed E-state index contributed by atoms with van der Waals surface area (Å²) in [4.78, 5) is 71.6. The van der Waals surface area contributed by atoms with E-state index in [4.69, 9.17) is 9.47 Å². The van der Waals surface area contributed by atoms with Crippen molar-refractivity contribution in [2.24, 2.45) is 0 Å². The van der Waals surface area contributed by atoms with Crippen LogP contribution in [0, 0.1) is 0 Å². The van der Waals surface area contributed by atoms with Crippen molar-refractivity contribution in [1.82, 2.24) is 35.5 Å². The topological polar surface area (TPSA) is 166 Å². The van der Waals surface area contributed by atoms with E-state index in [0.29, 0.717) is 42.4 Å². The zero-order chi connectivity index (χ0) is 39.9. The van der Waals surface area contributed by atoms with Crippen LogP contribution in [0.1, 0.15) is 74.0 Å². The molecule has 0 atom stereocenters. The first-order chi connectivity index (χ1) is 27.6. The van der Waals surface area contributed by atoms with Gasteiger partial charge in [-0.3, -0.25) is 29.3 Å². The predicted octanol–water partition coefficient (Wildman–Crippen LogP) is 6.73. The molecule has 0 saturated heterocycles. The summed E-state index contributed by atoms with van der Waals surface area (Å²) in [6, 6.07) is 23.7. The maximum Gasteiger partial charge on any atom is 0.407 e. The van der Waals surface area contributed by atoms with Crippen LogP contribution < -0.4 is 10.6 Å². The number of aromatic nitrogens is 4. The molecule has 1 aliphatic rings. The van der Waals surface area contributed by atoms with E-state index >= 15 is 0 Å². The van der Waals surface area contributed by atoms with E-state index in [1.165, 1.54) is 11.1 Å². The number of fused-ring (bicyclic) bond motifs is 9. The van der Waals surface area contributed by atoms with Gasteiger partial charge in [0.15, 0.2) is 0 Å². The smallest absolute Gasteiger partial charge is 0.407 e. The number of ether oxygens (including phenoxy) is 2. The van der Waals surface area contributed by atoms with Gasteiger partial charge in [-0.1, -0.05) is 55.0 Å². The molecule has 57 heavy (non-hydrogen) atoms. The number of esters is 1. The van der Waals surface area contributed by atoms with Gasteiger partial charge < -0.3 is 25.0 Å². The molecule has 0 unspecified atom stereocenters. The Morgan fingerprint density at radius 3 is 2.02 bits per heavy atom. The fourth-order valence-corrected chi connectivity index (χ4v) is 7.25. The summed E-state index contributed by atoms with van der Waals surface area (Å²) in [6.45, 7) is 5.78. The Labute approximate surface area is 330 Å². The third-order valence-corrected chi connectivity index (χ3v) is 9.80. The Hall–Kier alpha value is -6.50. The van der Waals surface area contributed by atoms with Crippen LogP contribution in [-0.2, 0) is 19.1 Å². The molecule has 6 aromatic rings. The molecule has 7 rings (SSSR count). The lowest BCUT2D eigenvalue weighted by atomic mass is 9.98. The van der Waals surface area contributed by atoms with Gasteiger partial charge in [-0.25, -0.2) is 9.78 Å². The van der Waals surface area contributed by atoms with Crippen LogP contribution in [0.2, 0.25) is 0 Å². The Morgan fingerprint density at radius 2 is 1.35 bits per heavy atom. The third kappa shape index (κ3) is 8.98. The van der Waals surface area contributed by atoms with E-state index in [1.807, 2.05) is 48.5 Å². The number of carbonyl (C=O) groups excluding carboxylic acids is 4. The number of nitrogens with zero attached hydrogens (tertiary/aromatic N) is 5. The zero-order valence-electron chi connectivity index (χ0n) is 32.3. The van der Waals surface area contributed by atoms with Crippen molar-refractivity contribution in [2.45, 2.75) is 58.0 Å². The van der Waals surface area contributed by atoms with Gasteiger partial charge in [0, 0.05) is 55.1 Å². The summed E-state index contributed by atoms with van der Waals surface area (Å²) in [5, 5.41) is 7.21. The minimum absolute atomic E-state index is 0.0772. The first kappa shape index (κ1) is 38.8. The molecule has 0 bridgehead atoms. The van der Waals surface area contributed by atoms with Gasteiger partial charge in [0.05, 0.1) is 28.3 Å².